The third-order valence-electron chi connectivity index (χ3n) is 8.51. The zero-order valence-electron chi connectivity index (χ0n) is 30.2. The van der Waals surface area contributed by atoms with E-state index < -0.39 is 23.6 Å². The zero-order valence-corrected chi connectivity index (χ0v) is 30.9. The lowest BCUT2D eigenvalue weighted by molar-refractivity contribution is -0.122. The number of benzene rings is 1. The summed E-state index contributed by atoms with van der Waals surface area (Å²) in [6, 6.07) is 9.54. The van der Waals surface area contributed by atoms with E-state index in [-0.39, 0.29) is 78.2 Å². The van der Waals surface area contributed by atoms with Crippen LogP contribution in [0.1, 0.15) is 51.2 Å². The van der Waals surface area contributed by atoms with Crippen molar-refractivity contribution >= 4 is 35.2 Å². The number of hydrogen-bond acceptors (Lipinski definition) is 10. The minimum atomic E-state index is -0.910. The monoisotopic (exact) mass is 751 g/mol. The number of rotatable bonds is 13. The number of carbonyl (C=O) groups is 3. The fourth-order valence-corrected chi connectivity index (χ4v) is 6.22. The molecule has 0 unspecified atom stereocenters. The summed E-state index contributed by atoms with van der Waals surface area (Å²) in [6.45, 7) is 5.32. The smallest absolute Gasteiger partial charge is 0.410 e. The minimum Gasteiger partial charge on any atom is -0.481 e. The van der Waals surface area contributed by atoms with Gasteiger partial charge in [-0.25, -0.2) is 19.2 Å². The second-order valence-corrected chi connectivity index (χ2v) is 14.1. The maximum absolute atomic E-state index is 16.0. The van der Waals surface area contributed by atoms with E-state index in [1.807, 2.05) is 0 Å². The topological polar surface area (TPSA) is 176 Å². The number of nitrogens with one attached hydrogen (secondary N) is 3. The molecule has 1 aliphatic rings. The first-order chi connectivity index (χ1) is 25.2. The first kappa shape index (κ1) is 39.1. The number of methoxy groups -OCH3 is 1. The highest BCUT2D eigenvalue weighted by Gasteiger charge is 2.30. The Morgan fingerprint density at radius 3 is 2.64 bits per heavy atom. The normalized spacial score (nSPS) is 14.9. The molecule has 2 atom stereocenters. The van der Waals surface area contributed by atoms with Crippen molar-refractivity contribution in [1.82, 2.24) is 35.2 Å². The highest BCUT2D eigenvalue weighted by Crippen LogP contribution is 2.38. The average Bonchev–Trinajstić information content (AvgIpc) is 3.52. The van der Waals surface area contributed by atoms with Gasteiger partial charge in [0.2, 0.25) is 17.7 Å². The van der Waals surface area contributed by atoms with Gasteiger partial charge in [-0.3, -0.25) is 18.8 Å². The van der Waals surface area contributed by atoms with Gasteiger partial charge in [-0.2, -0.15) is 0 Å². The molecule has 3 aromatic heterocycles. The van der Waals surface area contributed by atoms with Crippen LogP contribution in [0.15, 0.2) is 53.6 Å². The van der Waals surface area contributed by atoms with Gasteiger partial charge in [-0.05, 0) is 44.9 Å². The van der Waals surface area contributed by atoms with E-state index in [4.69, 9.17) is 21.1 Å². The Kier molecular flexibility index (Phi) is 12.3. The van der Waals surface area contributed by atoms with Gasteiger partial charge in [0.15, 0.2) is 0 Å². The van der Waals surface area contributed by atoms with Gasteiger partial charge in [0.25, 0.3) is 5.56 Å². The molecule has 0 aliphatic carbocycles. The first-order valence-electron chi connectivity index (χ1n) is 17.1. The number of fused-ring (bicyclic) bond motifs is 1. The summed E-state index contributed by atoms with van der Waals surface area (Å²) in [6.07, 6.45) is 2.25. The number of pyridine rings is 2. The van der Waals surface area contributed by atoms with Crippen molar-refractivity contribution < 1.29 is 33.4 Å². The third-order valence-corrected chi connectivity index (χ3v) is 8.92. The lowest BCUT2D eigenvalue weighted by Gasteiger charge is -2.29. The van der Waals surface area contributed by atoms with Crippen molar-refractivity contribution in [2.45, 2.75) is 70.9 Å². The van der Waals surface area contributed by atoms with Crippen LogP contribution in [0, 0.1) is 5.82 Å². The van der Waals surface area contributed by atoms with E-state index in [9.17, 15) is 24.3 Å². The van der Waals surface area contributed by atoms with E-state index in [1.165, 1.54) is 35.7 Å². The van der Waals surface area contributed by atoms with E-state index in [2.05, 4.69) is 25.9 Å². The molecule has 5 rings (SSSR count). The molecule has 1 saturated heterocycles. The third kappa shape index (κ3) is 9.66. The predicted molar refractivity (Wildman–Crippen MR) is 196 cm³/mol. The molecule has 0 radical (unpaired) electrons. The van der Waals surface area contributed by atoms with E-state index in [0.717, 1.165) is 0 Å². The summed E-state index contributed by atoms with van der Waals surface area (Å²) in [5, 5.41) is 18.5. The zero-order chi connectivity index (χ0) is 38.4. The van der Waals surface area contributed by atoms with E-state index in [1.54, 1.807) is 57.3 Å². The molecule has 53 heavy (non-hydrogen) atoms. The van der Waals surface area contributed by atoms with Crippen LogP contribution < -0.4 is 26.2 Å². The summed E-state index contributed by atoms with van der Waals surface area (Å²) >= 11 is 6.94. The summed E-state index contributed by atoms with van der Waals surface area (Å²) in [5.41, 5.74) is 1.47. The van der Waals surface area contributed by atoms with Gasteiger partial charge in [0.1, 0.15) is 17.1 Å². The highest BCUT2D eigenvalue weighted by molar-refractivity contribution is 6.36. The van der Waals surface area contributed by atoms with Crippen LogP contribution in [0.4, 0.5) is 9.18 Å². The molecule has 14 nitrogen and oxygen atoms in total. The van der Waals surface area contributed by atoms with Gasteiger partial charge >= 0.3 is 6.09 Å². The Balaban J connectivity index is 1.39. The summed E-state index contributed by atoms with van der Waals surface area (Å²) in [5.74, 6) is -1.14. The second-order valence-electron chi connectivity index (χ2n) is 13.7. The van der Waals surface area contributed by atoms with Crippen molar-refractivity contribution in [1.29, 1.82) is 0 Å². The average molecular weight is 752 g/mol. The van der Waals surface area contributed by atoms with Gasteiger partial charge in [0.05, 0.1) is 42.5 Å². The number of halogens is 2. The molecule has 4 aromatic rings. The van der Waals surface area contributed by atoms with Gasteiger partial charge in [0, 0.05) is 74.3 Å². The summed E-state index contributed by atoms with van der Waals surface area (Å²) < 4.78 is 28.5. The number of amides is 3. The maximum Gasteiger partial charge on any atom is 0.410 e. The van der Waals surface area contributed by atoms with Gasteiger partial charge < -0.3 is 35.4 Å². The lowest BCUT2D eigenvalue weighted by Crippen LogP contribution is -2.44. The van der Waals surface area contributed by atoms with Crippen LogP contribution in [-0.4, -0.2) is 87.3 Å². The molecule has 0 bridgehead atoms. The molecular formula is C37H43ClFN7O7. The van der Waals surface area contributed by atoms with Crippen molar-refractivity contribution in [3.63, 3.8) is 0 Å². The number of aliphatic hydroxyl groups is 1. The SMILES string of the molecule is CNC(=O)C[C@H](O)CNCc1cnc2cc(-c3cccc(-c4cc(F)c(CN(C[C@@H]5CCC(=O)N5)C(=O)OC(C)(C)C)c(OC)n4)c3Cl)ccn2c1=O. The Bertz CT molecular complexity index is 2070. The van der Waals surface area contributed by atoms with Crippen LogP contribution in [0.5, 0.6) is 5.88 Å². The van der Waals surface area contributed by atoms with Gasteiger partial charge in [-0.15, -0.1) is 0 Å². The summed E-state index contributed by atoms with van der Waals surface area (Å²) in [4.78, 5) is 60.1. The Labute approximate surface area is 310 Å². The van der Waals surface area contributed by atoms with Crippen LogP contribution in [0.2, 0.25) is 5.02 Å². The molecule has 1 fully saturated rings. The van der Waals surface area contributed by atoms with Crippen molar-refractivity contribution in [3.05, 3.63) is 81.1 Å². The van der Waals surface area contributed by atoms with E-state index >= 15 is 4.39 Å². The lowest BCUT2D eigenvalue weighted by atomic mass is 10.0. The molecule has 1 aliphatic heterocycles. The molecule has 0 saturated carbocycles. The molecule has 282 valence electrons. The first-order valence-corrected chi connectivity index (χ1v) is 17.4. The van der Waals surface area contributed by atoms with Crippen LogP contribution in [0.3, 0.4) is 0 Å². The number of hydrogen-bond donors (Lipinski definition) is 4. The quantitative estimate of drug-likeness (QED) is 0.157. The Hall–Kier alpha value is -5.12. The highest BCUT2D eigenvalue weighted by atomic mass is 35.5. The van der Waals surface area contributed by atoms with Crippen LogP contribution >= 0.6 is 11.6 Å². The largest absolute Gasteiger partial charge is 0.481 e. The van der Waals surface area contributed by atoms with Crippen molar-refractivity contribution in [2.75, 3.05) is 27.2 Å². The number of ether oxygens (including phenoxy) is 2. The summed E-state index contributed by atoms with van der Waals surface area (Å²) in [7, 11) is 2.84. The standard InChI is InChI=1S/C37H43ClFN7O7/c1-37(2,3)53-36(51)45(19-23-9-10-31(48)43-23)20-27-28(39)15-29(44-34(27)52-5)26-8-6-7-25(33(26)38)21-11-12-46-30(13-21)42-17-22(35(46)50)16-41-18-24(47)14-32(49)40-4/h6-8,11-13,15,17,23-24,41,47H,9-10,14,16,18-20H2,1-5H3,(H,40,49)(H,43,48)/t23-,24-/m0/s1. The molecular weight excluding hydrogens is 709 g/mol. The van der Waals surface area contributed by atoms with E-state index in [0.29, 0.717) is 40.7 Å². The molecule has 3 amide bonds. The molecule has 0 spiro atoms. The number of carbonyl (C=O) groups excluding carboxylic acids is 3. The number of nitrogens with zero attached hydrogens (tertiary/aromatic N) is 4. The number of aromatic nitrogens is 3. The minimum absolute atomic E-state index is 0.0272. The number of aliphatic hydroxyl groups excluding tert-OH is 1. The van der Waals surface area contributed by atoms with Crippen LogP contribution in [-0.2, 0) is 27.4 Å². The van der Waals surface area contributed by atoms with Crippen molar-refractivity contribution in [3.8, 4) is 28.3 Å². The fraction of sp³-hybridized carbons (Fsp3) is 0.405. The van der Waals surface area contributed by atoms with Gasteiger partial charge in [-0.1, -0.05) is 29.8 Å². The Morgan fingerprint density at radius 2 is 1.96 bits per heavy atom. The Morgan fingerprint density at radius 1 is 1.21 bits per heavy atom. The second kappa shape index (κ2) is 16.7. The maximum atomic E-state index is 16.0. The van der Waals surface area contributed by atoms with Crippen LogP contribution in [0.25, 0.3) is 28.0 Å². The molecule has 1 aromatic carbocycles. The fourth-order valence-electron chi connectivity index (χ4n) is 5.89. The predicted octanol–water partition coefficient (Wildman–Crippen LogP) is 3.83. The molecule has 4 heterocycles. The van der Waals surface area contributed by atoms with Crippen molar-refractivity contribution in [2.24, 2.45) is 0 Å². The molecule has 16 heteroatoms. The molecule has 4 N–H and O–H groups in total.